The summed E-state index contributed by atoms with van der Waals surface area (Å²) in [6, 6.07) is 9.66. The molecule has 2 aliphatic heterocycles. The van der Waals surface area contributed by atoms with Gasteiger partial charge in [-0.15, -0.1) is 0 Å². The quantitative estimate of drug-likeness (QED) is 0.882. The summed E-state index contributed by atoms with van der Waals surface area (Å²) in [7, 11) is 1.67. The minimum atomic E-state index is -0.333. The number of amides is 2. The average molecular weight is 380 g/mol. The van der Waals surface area contributed by atoms with E-state index in [1.165, 1.54) is 12.4 Å². The molecule has 7 heteroatoms. The lowest BCUT2D eigenvalue weighted by molar-refractivity contribution is -0.121. The van der Waals surface area contributed by atoms with Crippen LogP contribution in [0.2, 0.25) is 0 Å². The Labute approximate surface area is 164 Å². The molecule has 1 fully saturated rings. The van der Waals surface area contributed by atoms with Crippen molar-refractivity contribution in [3.8, 4) is 5.75 Å². The zero-order valence-corrected chi connectivity index (χ0v) is 15.9. The van der Waals surface area contributed by atoms with Crippen LogP contribution in [-0.2, 0) is 4.79 Å². The van der Waals surface area contributed by atoms with Crippen molar-refractivity contribution in [3.63, 3.8) is 0 Å². The number of likely N-dealkylation sites (tertiary alicyclic amines) is 1. The molecule has 7 nitrogen and oxygen atoms in total. The Hall–Kier alpha value is -2.96. The van der Waals surface area contributed by atoms with Gasteiger partial charge in [-0.05, 0) is 24.1 Å². The van der Waals surface area contributed by atoms with Crippen LogP contribution in [0, 0.1) is 0 Å². The number of rotatable bonds is 3. The molecule has 1 unspecified atom stereocenters. The number of para-hydroxylation sites is 1. The largest absolute Gasteiger partial charge is 0.487 e. The number of nitrogens with one attached hydrogen (secondary N) is 1. The Kier molecular flexibility index (Phi) is 4.98. The zero-order valence-electron chi connectivity index (χ0n) is 15.9. The Balaban J connectivity index is 1.50. The monoisotopic (exact) mass is 380 g/mol. The summed E-state index contributed by atoms with van der Waals surface area (Å²) >= 11 is 0. The molecule has 4 rings (SSSR count). The van der Waals surface area contributed by atoms with Crippen LogP contribution in [0.5, 0.6) is 5.75 Å². The number of fused-ring (bicyclic) bond motifs is 1. The molecule has 0 aliphatic carbocycles. The van der Waals surface area contributed by atoms with Gasteiger partial charge in [-0.2, -0.15) is 10.2 Å². The van der Waals surface area contributed by atoms with E-state index in [1.54, 1.807) is 13.1 Å². The first kappa shape index (κ1) is 18.4. The molecule has 1 aromatic carbocycles. The SMILES string of the molecule is CNC(=O)CC1CC2(CCN(C(=O)c3ccnnc3)CC2)Oc2ccccc21. The second-order valence-electron chi connectivity index (χ2n) is 7.52. The van der Waals surface area contributed by atoms with Gasteiger partial charge in [0.05, 0.1) is 18.0 Å². The Morgan fingerprint density at radius 1 is 1.21 bits per heavy atom. The van der Waals surface area contributed by atoms with Gasteiger partial charge in [0.2, 0.25) is 5.91 Å². The van der Waals surface area contributed by atoms with Gasteiger partial charge in [0.15, 0.2) is 0 Å². The molecule has 28 heavy (non-hydrogen) atoms. The molecular formula is C21H24N4O3. The third-order valence-electron chi connectivity index (χ3n) is 5.81. The van der Waals surface area contributed by atoms with Gasteiger partial charge in [0.1, 0.15) is 11.4 Å². The summed E-state index contributed by atoms with van der Waals surface area (Å²) < 4.78 is 6.45. The second-order valence-corrected chi connectivity index (χ2v) is 7.52. The van der Waals surface area contributed by atoms with E-state index in [0.717, 1.165) is 30.6 Å². The van der Waals surface area contributed by atoms with E-state index in [2.05, 4.69) is 15.5 Å². The van der Waals surface area contributed by atoms with E-state index in [9.17, 15) is 9.59 Å². The van der Waals surface area contributed by atoms with Crippen LogP contribution in [0.25, 0.3) is 0 Å². The molecule has 1 atom stereocenters. The van der Waals surface area contributed by atoms with Gasteiger partial charge in [0.25, 0.3) is 5.91 Å². The summed E-state index contributed by atoms with van der Waals surface area (Å²) in [6.45, 7) is 1.24. The van der Waals surface area contributed by atoms with E-state index < -0.39 is 0 Å². The summed E-state index contributed by atoms with van der Waals surface area (Å²) in [5, 5.41) is 10.3. The van der Waals surface area contributed by atoms with E-state index in [-0.39, 0.29) is 23.3 Å². The molecule has 3 heterocycles. The number of piperidine rings is 1. The fourth-order valence-electron chi connectivity index (χ4n) is 4.28. The Morgan fingerprint density at radius 2 is 2.00 bits per heavy atom. The molecule has 0 saturated carbocycles. The smallest absolute Gasteiger partial charge is 0.255 e. The Morgan fingerprint density at radius 3 is 2.71 bits per heavy atom. The van der Waals surface area contributed by atoms with E-state index in [1.807, 2.05) is 29.2 Å². The van der Waals surface area contributed by atoms with Crippen LogP contribution in [0.15, 0.2) is 42.7 Å². The summed E-state index contributed by atoms with van der Waals surface area (Å²) in [5.74, 6) is 0.995. The first-order valence-corrected chi connectivity index (χ1v) is 9.65. The Bertz CT molecular complexity index is 863. The molecule has 2 aromatic rings. The van der Waals surface area contributed by atoms with Gasteiger partial charge < -0.3 is 15.0 Å². The number of carbonyl (C=O) groups is 2. The minimum Gasteiger partial charge on any atom is -0.487 e. The van der Waals surface area contributed by atoms with Crippen molar-refractivity contribution in [1.82, 2.24) is 20.4 Å². The van der Waals surface area contributed by atoms with E-state index in [0.29, 0.717) is 25.1 Å². The van der Waals surface area contributed by atoms with Crippen molar-refractivity contribution in [2.75, 3.05) is 20.1 Å². The van der Waals surface area contributed by atoms with Crippen LogP contribution < -0.4 is 10.1 Å². The highest BCUT2D eigenvalue weighted by Gasteiger charge is 2.44. The molecule has 1 spiro atoms. The lowest BCUT2D eigenvalue weighted by Gasteiger charge is -2.47. The maximum absolute atomic E-state index is 12.7. The molecule has 1 N–H and O–H groups in total. The van der Waals surface area contributed by atoms with Gasteiger partial charge in [0, 0.05) is 45.3 Å². The predicted molar refractivity (Wildman–Crippen MR) is 103 cm³/mol. The highest BCUT2D eigenvalue weighted by molar-refractivity contribution is 5.93. The highest BCUT2D eigenvalue weighted by Crippen LogP contribution is 2.46. The predicted octanol–water partition coefficient (Wildman–Crippen LogP) is 2.15. The average Bonchev–Trinajstić information content (AvgIpc) is 2.74. The van der Waals surface area contributed by atoms with Crippen molar-refractivity contribution < 1.29 is 14.3 Å². The van der Waals surface area contributed by atoms with Gasteiger partial charge >= 0.3 is 0 Å². The molecular weight excluding hydrogens is 356 g/mol. The number of hydrogen-bond acceptors (Lipinski definition) is 5. The van der Waals surface area contributed by atoms with Crippen LogP contribution in [-0.4, -0.2) is 52.6 Å². The zero-order chi connectivity index (χ0) is 19.6. The van der Waals surface area contributed by atoms with Crippen molar-refractivity contribution in [3.05, 3.63) is 53.9 Å². The first-order chi connectivity index (χ1) is 13.6. The third kappa shape index (κ3) is 3.56. The second kappa shape index (κ2) is 7.58. The number of nitrogens with zero attached hydrogens (tertiary/aromatic N) is 3. The topological polar surface area (TPSA) is 84.4 Å². The number of carbonyl (C=O) groups excluding carboxylic acids is 2. The van der Waals surface area contributed by atoms with Crippen LogP contribution in [0.1, 0.15) is 47.5 Å². The normalized spacial score (nSPS) is 20.2. The standard InChI is InChI=1S/C21H24N4O3/c1-22-19(26)12-16-13-21(28-18-5-3-2-4-17(16)18)7-10-25(11-8-21)20(27)15-6-9-23-24-14-15/h2-6,9,14,16H,7-8,10-13H2,1H3,(H,22,26). The summed E-state index contributed by atoms with van der Waals surface area (Å²) in [4.78, 5) is 26.6. The molecule has 0 radical (unpaired) electrons. The highest BCUT2D eigenvalue weighted by atomic mass is 16.5. The molecule has 0 bridgehead atoms. The van der Waals surface area contributed by atoms with Crippen molar-refractivity contribution in [2.24, 2.45) is 0 Å². The number of hydrogen-bond donors (Lipinski definition) is 1. The molecule has 2 aliphatic rings. The molecule has 1 saturated heterocycles. The van der Waals surface area contributed by atoms with Crippen molar-refractivity contribution in [1.29, 1.82) is 0 Å². The lowest BCUT2D eigenvalue weighted by atomic mass is 9.76. The van der Waals surface area contributed by atoms with Gasteiger partial charge in [-0.25, -0.2) is 0 Å². The maximum atomic E-state index is 12.7. The number of aromatic nitrogens is 2. The summed E-state index contributed by atoms with van der Waals surface area (Å²) in [5.41, 5.74) is 1.32. The van der Waals surface area contributed by atoms with Gasteiger partial charge in [-0.1, -0.05) is 18.2 Å². The molecule has 2 amide bonds. The lowest BCUT2D eigenvalue weighted by Crippen LogP contribution is -2.52. The fraction of sp³-hybridized carbons (Fsp3) is 0.429. The van der Waals surface area contributed by atoms with E-state index in [4.69, 9.17) is 4.74 Å². The van der Waals surface area contributed by atoms with Crippen LogP contribution in [0.3, 0.4) is 0 Å². The fourth-order valence-corrected chi connectivity index (χ4v) is 4.28. The van der Waals surface area contributed by atoms with Crippen LogP contribution >= 0.6 is 0 Å². The summed E-state index contributed by atoms with van der Waals surface area (Å²) in [6.07, 6.45) is 5.76. The third-order valence-corrected chi connectivity index (χ3v) is 5.81. The van der Waals surface area contributed by atoms with E-state index >= 15 is 0 Å². The van der Waals surface area contributed by atoms with Crippen molar-refractivity contribution >= 4 is 11.8 Å². The number of ether oxygens (including phenoxy) is 1. The van der Waals surface area contributed by atoms with Crippen molar-refractivity contribution in [2.45, 2.75) is 37.2 Å². The minimum absolute atomic E-state index is 0.0251. The van der Waals surface area contributed by atoms with Crippen LogP contribution in [0.4, 0.5) is 0 Å². The molecule has 1 aromatic heterocycles. The van der Waals surface area contributed by atoms with Gasteiger partial charge in [-0.3, -0.25) is 9.59 Å². The first-order valence-electron chi connectivity index (χ1n) is 9.65. The molecule has 146 valence electrons. The number of benzene rings is 1. The maximum Gasteiger partial charge on any atom is 0.255 e.